The topological polar surface area (TPSA) is 3.24 Å². The molecule has 0 N–H and O–H groups in total. The van der Waals surface area contributed by atoms with Crippen molar-refractivity contribution in [1.29, 1.82) is 0 Å². The fourth-order valence-corrected chi connectivity index (χ4v) is 3.27. The van der Waals surface area contributed by atoms with Gasteiger partial charge in [0.2, 0.25) is 0 Å². The minimum Gasteiger partial charge on any atom is -0.299 e. The Balaban J connectivity index is 2.13. The second-order valence-corrected chi connectivity index (χ2v) is 4.73. The van der Waals surface area contributed by atoms with E-state index in [0.717, 1.165) is 16.9 Å². The van der Waals surface area contributed by atoms with E-state index in [4.69, 9.17) is 0 Å². The van der Waals surface area contributed by atoms with Crippen LogP contribution in [0.4, 0.5) is 0 Å². The summed E-state index contributed by atoms with van der Waals surface area (Å²) in [4.78, 5) is 3.33. The first kappa shape index (κ1) is 7.11. The molecule has 2 saturated heterocycles. The van der Waals surface area contributed by atoms with Gasteiger partial charge in [0.25, 0.3) is 0 Å². The molecule has 0 aromatic rings. The normalized spacial score (nSPS) is 48.0. The van der Waals surface area contributed by atoms with Crippen molar-refractivity contribution in [3.05, 3.63) is 0 Å². The van der Waals surface area contributed by atoms with Gasteiger partial charge in [-0.25, -0.2) is 0 Å². The van der Waals surface area contributed by atoms with E-state index in [1.807, 2.05) is 0 Å². The van der Waals surface area contributed by atoms with Crippen LogP contribution in [0, 0.1) is 0 Å². The van der Waals surface area contributed by atoms with Gasteiger partial charge in [0.15, 0.2) is 0 Å². The average Bonchev–Trinajstić information content (AvgIpc) is 2.13. The van der Waals surface area contributed by atoms with E-state index in [1.54, 1.807) is 0 Å². The van der Waals surface area contributed by atoms with Crippen molar-refractivity contribution in [2.75, 3.05) is 7.05 Å². The lowest BCUT2D eigenvalue weighted by Crippen LogP contribution is -2.42. The van der Waals surface area contributed by atoms with Crippen LogP contribution in [0.3, 0.4) is 0 Å². The molecule has 2 bridgehead atoms. The molecular formula is C8H14BrN. The van der Waals surface area contributed by atoms with Crippen LogP contribution in [0.1, 0.15) is 25.7 Å². The maximum Gasteiger partial charge on any atom is 0.0302 e. The Kier molecular flexibility index (Phi) is 1.77. The predicted octanol–water partition coefficient (Wildman–Crippen LogP) is 2.01. The molecule has 2 heteroatoms. The van der Waals surface area contributed by atoms with Crippen LogP contribution < -0.4 is 0 Å². The van der Waals surface area contributed by atoms with E-state index in [2.05, 4.69) is 27.9 Å². The van der Waals surface area contributed by atoms with Crippen LogP contribution >= 0.6 is 15.9 Å². The first-order chi connectivity index (χ1) is 4.79. The third kappa shape index (κ3) is 0.928. The summed E-state index contributed by atoms with van der Waals surface area (Å²) in [7, 11) is 2.27. The second-order valence-electron chi connectivity index (χ2n) is 3.56. The first-order valence-corrected chi connectivity index (χ1v) is 5.06. The summed E-state index contributed by atoms with van der Waals surface area (Å²) in [6, 6.07) is 1.76. The van der Waals surface area contributed by atoms with Crippen molar-refractivity contribution in [3.8, 4) is 0 Å². The Bertz CT molecular complexity index is 137. The second kappa shape index (κ2) is 2.49. The van der Waals surface area contributed by atoms with Crippen LogP contribution in [-0.4, -0.2) is 28.9 Å². The number of nitrogens with zero attached hydrogens (tertiary/aromatic N) is 1. The van der Waals surface area contributed by atoms with Gasteiger partial charge in [0.05, 0.1) is 0 Å². The maximum atomic E-state index is 3.74. The number of halogens is 1. The monoisotopic (exact) mass is 203 g/mol. The molecule has 3 atom stereocenters. The highest BCUT2D eigenvalue weighted by atomic mass is 79.9. The van der Waals surface area contributed by atoms with Crippen LogP contribution in [0.25, 0.3) is 0 Å². The third-order valence-corrected chi connectivity index (χ3v) is 4.16. The van der Waals surface area contributed by atoms with Crippen LogP contribution in [0.2, 0.25) is 0 Å². The van der Waals surface area contributed by atoms with E-state index in [0.29, 0.717) is 0 Å². The summed E-state index contributed by atoms with van der Waals surface area (Å²) >= 11 is 3.74. The Morgan fingerprint density at radius 1 is 1.20 bits per heavy atom. The van der Waals surface area contributed by atoms with Crippen molar-refractivity contribution < 1.29 is 0 Å². The van der Waals surface area contributed by atoms with Gasteiger partial charge < -0.3 is 0 Å². The lowest BCUT2D eigenvalue weighted by Gasteiger charge is -2.34. The molecule has 2 fully saturated rings. The highest BCUT2D eigenvalue weighted by Gasteiger charge is 2.38. The predicted molar refractivity (Wildman–Crippen MR) is 46.5 cm³/mol. The largest absolute Gasteiger partial charge is 0.299 e. The zero-order chi connectivity index (χ0) is 7.14. The van der Waals surface area contributed by atoms with E-state index in [1.165, 1.54) is 25.7 Å². The minimum atomic E-state index is 0.774. The number of rotatable bonds is 0. The van der Waals surface area contributed by atoms with E-state index >= 15 is 0 Å². The Morgan fingerprint density at radius 2 is 1.90 bits per heavy atom. The van der Waals surface area contributed by atoms with Crippen molar-refractivity contribution in [2.24, 2.45) is 0 Å². The molecule has 0 amide bonds. The fourth-order valence-electron chi connectivity index (χ4n) is 2.37. The highest BCUT2D eigenvalue weighted by Crippen LogP contribution is 2.37. The third-order valence-electron chi connectivity index (χ3n) is 3.09. The number of fused-ring (bicyclic) bond motifs is 2. The van der Waals surface area contributed by atoms with Gasteiger partial charge in [-0.15, -0.1) is 0 Å². The first-order valence-electron chi connectivity index (χ1n) is 4.15. The standard InChI is InChI=1S/C8H14BrN/c1-10-6-2-4-7(9)8(10)5-3-6/h6-8H,2-5H2,1H3. The van der Waals surface area contributed by atoms with Gasteiger partial charge in [-0.3, -0.25) is 4.90 Å². The summed E-state index contributed by atoms with van der Waals surface area (Å²) in [5, 5.41) is 0. The molecule has 0 aromatic carbocycles. The SMILES string of the molecule is CN1C2CCC(Br)C1CC2. The zero-order valence-corrected chi connectivity index (χ0v) is 7.97. The van der Waals surface area contributed by atoms with Gasteiger partial charge >= 0.3 is 0 Å². The van der Waals surface area contributed by atoms with E-state index in [-0.39, 0.29) is 0 Å². The Hall–Kier alpha value is 0.440. The van der Waals surface area contributed by atoms with Gasteiger partial charge in [-0.2, -0.15) is 0 Å². The maximum absolute atomic E-state index is 3.74. The van der Waals surface area contributed by atoms with Gasteiger partial charge in [0, 0.05) is 16.9 Å². The molecule has 0 saturated carbocycles. The molecule has 2 aliphatic rings. The van der Waals surface area contributed by atoms with Gasteiger partial charge in [-0.05, 0) is 32.7 Å². The molecule has 3 unspecified atom stereocenters. The van der Waals surface area contributed by atoms with Crippen LogP contribution in [0.15, 0.2) is 0 Å². The van der Waals surface area contributed by atoms with Crippen molar-refractivity contribution in [2.45, 2.75) is 42.6 Å². The molecule has 10 heavy (non-hydrogen) atoms. The number of hydrogen-bond donors (Lipinski definition) is 0. The highest BCUT2D eigenvalue weighted by molar-refractivity contribution is 9.09. The van der Waals surface area contributed by atoms with E-state index in [9.17, 15) is 0 Å². The van der Waals surface area contributed by atoms with Crippen LogP contribution in [-0.2, 0) is 0 Å². The Labute approximate surface area is 70.9 Å². The summed E-state index contributed by atoms with van der Waals surface area (Å²) in [6.07, 6.45) is 5.64. The Morgan fingerprint density at radius 3 is 2.60 bits per heavy atom. The van der Waals surface area contributed by atoms with Crippen molar-refractivity contribution in [1.82, 2.24) is 4.90 Å². The molecule has 0 spiro atoms. The number of piperidine rings is 1. The molecule has 0 radical (unpaired) electrons. The van der Waals surface area contributed by atoms with Crippen LogP contribution in [0.5, 0.6) is 0 Å². The summed E-state index contributed by atoms with van der Waals surface area (Å²) in [5.41, 5.74) is 0. The lowest BCUT2D eigenvalue weighted by atomic mass is 10.0. The zero-order valence-electron chi connectivity index (χ0n) is 6.39. The summed E-state index contributed by atoms with van der Waals surface area (Å²) in [5.74, 6) is 0. The molecule has 2 heterocycles. The fraction of sp³-hybridized carbons (Fsp3) is 1.00. The molecule has 0 aliphatic carbocycles. The molecular weight excluding hydrogens is 190 g/mol. The van der Waals surface area contributed by atoms with E-state index < -0.39 is 0 Å². The summed E-state index contributed by atoms with van der Waals surface area (Å²) < 4.78 is 0. The van der Waals surface area contributed by atoms with Gasteiger partial charge in [-0.1, -0.05) is 15.9 Å². The quantitative estimate of drug-likeness (QED) is 0.545. The van der Waals surface area contributed by atoms with Gasteiger partial charge in [0.1, 0.15) is 0 Å². The van der Waals surface area contributed by atoms with Crippen molar-refractivity contribution in [3.63, 3.8) is 0 Å². The minimum absolute atomic E-state index is 0.774. The number of hydrogen-bond acceptors (Lipinski definition) is 1. The molecule has 2 aliphatic heterocycles. The molecule has 1 nitrogen and oxygen atoms in total. The molecule has 58 valence electrons. The average molecular weight is 204 g/mol. The van der Waals surface area contributed by atoms with Crippen molar-refractivity contribution >= 4 is 15.9 Å². The number of alkyl halides is 1. The molecule has 0 aromatic heterocycles. The lowest BCUT2D eigenvalue weighted by molar-refractivity contribution is 0.186. The smallest absolute Gasteiger partial charge is 0.0302 e. The summed E-state index contributed by atoms with van der Waals surface area (Å²) in [6.45, 7) is 0. The molecule has 2 rings (SSSR count).